The van der Waals surface area contributed by atoms with Crippen LogP contribution in [0.4, 0.5) is 5.69 Å². The monoisotopic (exact) mass is 276 g/mol. The molecule has 0 aliphatic carbocycles. The molecule has 20 heavy (non-hydrogen) atoms. The molecule has 1 fully saturated rings. The van der Waals surface area contributed by atoms with Crippen LogP contribution in [0, 0.1) is 0 Å². The Morgan fingerprint density at radius 1 is 1.40 bits per heavy atom. The summed E-state index contributed by atoms with van der Waals surface area (Å²) in [5.74, 6) is -0.256. The van der Waals surface area contributed by atoms with Crippen LogP contribution in [-0.2, 0) is 4.79 Å². The summed E-state index contributed by atoms with van der Waals surface area (Å²) in [6.45, 7) is 4.50. The van der Waals surface area contributed by atoms with Crippen LogP contribution in [0.15, 0.2) is 24.3 Å². The second-order valence-corrected chi connectivity index (χ2v) is 5.52. The molecule has 3 N–H and O–H groups in total. The highest BCUT2D eigenvalue weighted by Crippen LogP contribution is 2.25. The lowest BCUT2D eigenvalue weighted by molar-refractivity contribution is -0.124. The average Bonchev–Trinajstić information content (AvgIpc) is 2.46. The van der Waals surface area contributed by atoms with Crippen LogP contribution in [0.1, 0.15) is 18.5 Å². The summed E-state index contributed by atoms with van der Waals surface area (Å²) in [7, 11) is 4.05. The molecule has 1 heterocycles. The van der Waals surface area contributed by atoms with E-state index in [1.54, 1.807) is 0 Å². The van der Waals surface area contributed by atoms with Crippen molar-refractivity contribution in [3.8, 4) is 0 Å². The van der Waals surface area contributed by atoms with Crippen molar-refractivity contribution in [2.45, 2.75) is 19.0 Å². The maximum atomic E-state index is 11.6. The number of carbonyl (C=O) groups excluding carboxylic acids is 1. The fourth-order valence-corrected chi connectivity index (χ4v) is 2.69. The van der Waals surface area contributed by atoms with E-state index in [9.17, 15) is 4.79 Å². The maximum absolute atomic E-state index is 11.6. The number of anilines is 1. The zero-order chi connectivity index (χ0) is 14.7. The predicted octanol–water partition coefficient (Wildman–Crippen LogP) is 0.573. The molecule has 1 aliphatic rings. The molecule has 1 aliphatic heterocycles. The molecule has 0 bridgehead atoms. The molecule has 2 atom stereocenters. The lowest BCUT2D eigenvalue weighted by Gasteiger charge is -2.38. The second-order valence-electron chi connectivity index (χ2n) is 5.52. The number of hydrogen-bond acceptors (Lipinski definition) is 4. The van der Waals surface area contributed by atoms with Gasteiger partial charge in [-0.25, -0.2) is 0 Å². The largest absolute Gasteiger partial charge is 0.378 e. The van der Waals surface area contributed by atoms with Crippen LogP contribution in [0.5, 0.6) is 0 Å². The Morgan fingerprint density at radius 3 is 2.60 bits per heavy atom. The standard InChI is InChI=1S/C15H24N4O/c1-11(12-4-6-13(7-5-12)18(2)3)19-9-8-17-10-14(19)15(16)20/h4-7,11,14,17H,8-10H2,1-3H3,(H2,16,20). The number of nitrogens with two attached hydrogens (primary N) is 1. The molecule has 1 amide bonds. The van der Waals surface area contributed by atoms with Crippen molar-refractivity contribution in [1.29, 1.82) is 0 Å². The van der Waals surface area contributed by atoms with Gasteiger partial charge < -0.3 is 16.0 Å². The molecule has 2 unspecified atom stereocenters. The number of primary amides is 1. The van der Waals surface area contributed by atoms with Gasteiger partial charge in [-0.3, -0.25) is 9.69 Å². The van der Waals surface area contributed by atoms with Gasteiger partial charge >= 0.3 is 0 Å². The van der Waals surface area contributed by atoms with E-state index in [2.05, 4.69) is 46.3 Å². The molecular formula is C15H24N4O. The normalized spacial score (nSPS) is 21.4. The van der Waals surface area contributed by atoms with Crippen LogP contribution in [0.2, 0.25) is 0 Å². The van der Waals surface area contributed by atoms with Crippen LogP contribution in [0.3, 0.4) is 0 Å². The van der Waals surface area contributed by atoms with Crippen molar-refractivity contribution >= 4 is 11.6 Å². The molecule has 0 spiro atoms. The lowest BCUT2D eigenvalue weighted by Crippen LogP contribution is -2.57. The summed E-state index contributed by atoms with van der Waals surface area (Å²) >= 11 is 0. The van der Waals surface area contributed by atoms with Gasteiger partial charge in [-0.15, -0.1) is 0 Å². The van der Waals surface area contributed by atoms with Gasteiger partial charge in [-0.2, -0.15) is 0 Å². The van der Waals surface area contributed by atoms with Gasteiger partial charge in [0, 0.05) is 45.5 Å². The van der Waals surface area contributed by atoms with E-state index < -0.39 is 0 Å². The first-order chi connectivity index (χ1) is 9.50. The van der Waals surface area contributed by atoms with Crippen molar-refractivity contribution in [1.82, 2.24) is 10.2 Å². The van der Waals surface area contributed by atoms with Gasteiger partial charge in [-0.05, 0) is 24.6 Å². The Bertz CT molecular complexity index is 457. The number of benzene rings is 1. The smallest absolute Gasteiger partial charge is 0.236 e. The van der Waals surface area contributed by atoms with Crippen molar-refractivity contribution in [2.24, 2.45) is 5.73 Å². The molecule has 0 saturated carbocycles. The quantitative estimate of drug-likeness (QED) is 0.844. The zero-order valence-corrected chi connectivity index (χ0v) is 12.5. The molecule has 2 rings (SSSR count). The summed E-state index contributed by atoms with van der Waals surface area (Å²) in [6, 6.07) is 8.42. The van der Waals surface area contributed by atoms with E-state index in [1.165, 1.54) is 11.3 Å². The topological polar surface area (TPSA) is 61.6 Å². The highest BCUT2D eigenvalue weighted by Gasteiger charge is 2.30. The summed E-state index contributed by atoms with van der Waals surface area (Å²) in [6.07, 6.45) is 0. The minimum atomic E-state index is -0.256. The Kier molecular flexibility index (Phi) is 4.62. The summed E-state index contributed by atoms with van der Waals surface area (Å²) in [5, 5.41) is 3.23. The second kappa shape index (κ2) is 6.24. The third-order valence-electron chi connectivity index (χ3n) is 4.00. The fourth-order valence-electron chi connectivity index (χ4n) is 2.69. The summed E-state index contributed by atoms with van der Waals surface area (Å²) < 4.78 is 0. The Labute approximate surface area is 120 Å². The van der Waals surface area contributed by atoms with Crippen molar-refractivity contribution in [2.75, 3.05) is 38.6 Å². The van der Waals surface area contributed by atoms with Crippen LogP contribution < -0.4 is 16.0 Å². The van der Waals surface area contributed by atoms with E-state index in [0.29, 0.717) is 6.54 Å². The number of amides is 1. The van der Waals surface area contributed by atoms with E-state index >= 15 is 0 Å². The third-order valence-corrected chi connectivity index (χ3v) is 4.00. The lowest BCUT2D eigenvalue weighted by atomic mass is 10.0. The van der Waals surface area contributed by atoms with E-state index in [-0.39, 0.29) is 18.0 Å². The molecule has 1 aromatic rings. The van der Waals surface area contributed by atoms with Gasteiger partial charge in [0.2, 0.25) is 5.91 Å². The first kappa shape index (κ1) is 14.8. The van der Waals surface area contributed by atoms with Gasteiger partial charge in [0.25, 0.3) is 0 Å². The van der Waals surface area contributed by atoms with Gasteiger partial charge in [0.1, 0.15) is 6.04 Å². The number of piperazine rings is 1. The molecule has 110 valence electrons. The van der Waals surface area contributed by atoms with Crippen molar-refractivity contribution in [3.63, 3.8) is 0 Å². The van der Waals surface area contributed by atoms with E-state index in [1.807, 2.05) is 14.1 Å². The first-order valence-electron chi connectivity index (χ1n) is 7.03. The van der Waals surface area contributed by atoms with Gasteiger partial charge in [0.05, 0.1) is 0 Å². The number of nitrogens with one attached hydrogen (secondary N) is 1. The van der Waals surface area contributed by atoms with Crippen LogP contribution in [0.25, 0.3) is 0 Å². The zero-order valence-electron chi connectivity index (χ0n) is 12.5. The third kappa shape index (κ3) is 3.11. The predicted molar refractivity (Wildman–Crippen MR) is 81.7 cm³/mol. The molecule has 0 aromatic heterocycles. The van der Waals surface area contributed by atoms with E-state index in [0.717, 1.165) is 13.1 Å². The van der Waals surface area contributed by atoms with Crippen molar-refractivity contribution in [3.05, 3.63) is 29.8 Å². The number of rotatable bonds is 4. The highest BCUT2D eigenvalue weighted by atomic mass is 16.1. The maximum Gasteiger partial charge on any atom is 0.236 e. The van der Waals surface area contributed by atoms with Crippen molar-refractivity contribution < 1.29 is 4.79 Å². The molecular weight excluding hydrogens is 252 g/mol. The first-order valence-corrected chi connectivity index (χ1v) is 7.03. The molecule has 1 aromatic carbocycles. The van der Waals surface area contributed by atoms with Gasteiger partial charge in [-0.1, -0.05) is 12.1 Å². The minimum Gasteiger partial charge on any atom is -0.378 e. The minimum absolute atomic E-state index is 0.186. The van der Waals surface area contributed by atoms with Gasteiger partial charge in [0.15, 0.2) is 0 Å². The Hall–Kier alpha value is -1.59. The van der Waals surface area contributed by atoms with Crippen LogP contribution >= 0.6 is 0 Å². The Balaban J connectivity index is 2.16. The molecule has 0 radical (unpaired) electrons. The number of nitrogens with zero attached hydrogens (tertiary/aromatic N) is 2. The molecule has 5 nitrogen and oxygen atoms in total. The number of carbonyl (C=O) groups is 1. The number of hydrogen-bond donors (Lipinski definition) is 2. The van der Waals surface area contributed by atoms with E-state index in [4.69, 9.17) is 5.73 Å². The van der Waals surface area contributed by atoms with Crippen LogP contribution in [-0.4, -0.2) is 50.6 Å². The SMILES string of the molecule is CC(c1ccc(N(C)C)cc1)N1CCNCC1C(N)=O. The summed E-state index contributed by atoms with van der Waals surface area (Å²) in [4.78, 5) is 15.8. The molecule has 5 heteroatoms. The molecule has 1 saturated heterocycles. The average molecular weight is 276 g/mol. The highest BCUT2D eigenvalue weighted by molar-refractivity contribution is 5.80. The summed E-state index contributed by atoms with van der Waals surface area (Å²) in [5.41, 5.74) is 7.90. The fraction of sp³-hybridized carbons (Fsp3) is 0.533. The Morgan fingerprint density at radius 2 is 2.05 bits per heavy atom.